The average Bonchev–Trinajstić information content (AvgIpc) is 2.54. The first-order chi connectivity index (χ1) is 11.0. The third-order valence-corrected chi connectivity index (χ3v) is 3.87. The number of benzene rings is 2. The lowest BCUT2D eigenvalue weighted by Crippen LogP contribution is -3.12. The topological polar surface area (TPSA) is 42.8 Å². The van der Waals surface area contributed by atoms with E-state index in [0.717, 1.165) is 10.5 Å². The minimum absolute atomic E-state index is 0.108. The summed E-state index contributed by atoms with van der Waals surface area (Å²) >= 11 is 0. The van der Waals surface area contributed by atoms with Gasteiger partial charge in [0.05, 0.1) is 19.8 Å². The molecule has 2 atom stereocenters. The van der Waals surface area contributed by atoms with E-state index in [1.807, 2.05) is 32.2 Å². The summed E-state index contributed by atoms with van der Waals surface area (Å²) in [5, 5.41) is 2.88. The summed E-state index contributed by atoms with van der Waals surface area (Å²) in [5.74, 6) is 0.251. The highest BCUT2D eigenvalue weighted by Gasteiger charge is 2.23. The number of methoxy groups -OCH3 is 1. The van der Waals surface area contributed by atoms with Crippen LogP contribution in [0.15, 0.2) is 48.5 Å². The van der Waals surface area contributed by atoms with Crippen LogP contribution in [0.1, 0.15) is 12.5 Å². The lowest BCUT2D eigenvalue weighted by Gasteiger charge is -2.21. The number of hydrogen-bond acceptors (Lipinski definition) is 2. The fourth-order valence-corrected chi connectivity index (χ4v) is 2.33. The van der Waals surface area contributed by atoms with Gasteiger partial charge in [-0.25, -0.2) is 4.39 Å². The molecule has 1 unspecified atom stereocenters. The van der Waals surface area contributed by atoms with Crippen molar-refractivity contribution in [3.63, 3.8) is 0 Å². The Morgan fingerprint density at radius 1 is 1.26 bits per heavy atom. The number of amides is 1. The van der Waals surface area contributed by atoms with E-state index in [1.165, 1.54) is 12.1 Å². The van der Waals surface area contributed by atoms with Gasteiger partial charge in [-0.1, -0.05) is 24.3 Å². The predicted molar refractivity (Wildman–Crippen MR) is 88.1 cm³/mol. The van der Waals surface area contributed by atoms with Gasteiger partial charge in [0.2, 0.25) is 0 Å². The highest BCUT2D eigenvalue weighted by atomic mass is 19.1. The van der Waals surface area contributed by atoms with Crippen molar-refractivity contribution in [2.24, 2.45) is 0 Å². The van der Waals surface area contributed by atoms with Gasteiger partial charge in [-0.3, -0.25) is 4.79 Å². The van der Waals surface area contributed by atoms with E-state index in [0.29, 0.717) is 18.0 Å². The van der Waals surface area contributed by atoms with E-state index in [4.69, 9.17) is 4.74 Å². The van der Waals surface area contributed by atoms with Crippen molar-refractivity contribution in [1.29, 1.82) is 0 Å². The normalized spacial score (nSPS) is 13.2. The quantitative estimate of drug-likeness (QED) is 0.854. The van der Waals surface area contributed by atoms with Crippen molar-refractivity contribution in [2.45, 2.75) is 19.5 Å². The summed E-state index contributed by atoms with van der Waals surface area (Å²) in [6.45, 7) is 2.41. The van der Waals surface area contributed by atoms with Crippen molar-refractivity contribution in [1.82, 2.24) is 0 Å². The number of halogens is 1. The number of likely N-dealkylation sites (N-methyl/N-ethyl adjacent to an activating group) is 1. The number of anilines is 1. The Morgan fingerprint density at radius 3 is 2.70 bits per heavy atom. The van der Waals surface area contributed by atoms with Crippen molar-refractivity contribution in [3.8, 4) is 5.75 Å². The summed E-state index contributed by atoms with van der Waals surface area (Å²) in [7, 11) is 3.48. The maximum absolute atomic E-state index is 13.2. The van der Waals surface area contributed by atoms with E-state index in [1.54, 1.807) is 25.3 Å². The third kappa shape index (κ3) is 4.53. The molecule has 0 bridgehead atoms. The van der Waals surface area contributed by atoms with E-state index in [-0.39, 0.29) is 17.8 Å². The van der Waals surface area contributed by atoms with Gasteiger partial charge in [-0.15, -0.1) is 0 Å². The zero-order chi connectivity index (χ0) is 16.8. The molecule has 0 aliphatic heterocycles. The number of ether oxygens (including phenoxy) is 1. The van der Waals surface area contributed by atoms with Gasteiger partial charge >= 0.3 is 0 Å². The van der Waals surface area contributed by atoms with Gasteiger partial charge in [0.15, 0.2) is 6.04 Å². The predicted octanol–water partition coefficient (Wildman–Crippen LogP) is 1.88. The Balaban J connectivity index is 2.01. The number of carbonyl (C=O) groups excluding carboxylic acids is 1. The molecule has 0 saturated carbocycles. The van der Waals surface area contributed by atoms with Crippen LogP contribution in [0, 0.1) is 5.82 Å². The maximum atomic E-state index is 13.2. The first-order valence-corrected chi connectivity index (χ1v) is 7.52. The molecule has 0 heterocycles. The summed E-state index contributed by atoms with van der Waals surface area (Å²) in [6, 6.07) is 13.4. The van der Waals surface area contributed by atoms with E-state index in [2.05, 4.69) is 5.32 Å². The summed E-state index contributed by atoms with van der Waals surface area (Å²) in [4.78, 5) is 13.4. The lowest BCUT2D eigenvalue weighted by atomic mass is 10.1. The lowest BCUT2D eigenvalue weighted by molar-refractivity contribution is -0.907. The van der Waals surface area contributed by atoms with Gasteiger partial charge in [-0.2, -0.15) is 0 Å². The van der Waals surface area contributed by atoms with E-state index >= 15 is 0 Å². The van der Waals surface area contributed by atoms with Crippen LogP contribution in [0.4, 0.5) is 10.1 Å². The molecule has 4 nitrogen and oxygen atoms in total. The minimum Gasteiger partial charge on any atom is -0.495 e. The molecular weight excluding hydrogens is 295 g/mol. The molecule has 0 spiro atoms. The Labute approximate surface area is 135 Å². The molecule has 1 amide bonds. The first-order valence-electron chi connectivity index (χ1n) is 7.52. The Bertz CT molecular complexity index is 676. The molecule has 0 aliphatic carbocycles. The van der Waals surface area contributed by atoms with Gasteiger partial charge in [0, 0.05) is 5.56 Å². The number of quaternary nitrogens is 1. The Morgan fingerprint density at radius 2 is 2.00 bits per heavy atom. The van der Waals surface area contributed by atoms with Crippen LogP contribution in [-0.4, -0.2) is 26.1 Å². The Hall–Kier alpha value is -2.40. The molecule has 122 valence electrons. The van der Waals surface area contributed by atoms with Crippen LogP contribution in [0.25, 0.3) is 0 Å². The second-order valence-electron chi connectivity index (χ2n) is 5.56. The minimum atomic E-state index is -0.289. The van der Waals surface area contributed by atoms with Crippen molar-refractivity contribution < 1.29 is 18.8 Å². The largest absolute Gasteiger partial charge is 0.495 e. The fourth-order valence-electron chi connectivity index (χ4n) is 2.33. The zero-order valence-corrected chi connectivity index (χ0v) is 13.6. The molecule has 2 aromatic carbocycles. The SMILES string of the molecule is COc1ccccc1NC(=O)[C@@H](C)[NH+](C)Cc1cccc(F)c1. The standard InChI is InChI=1S/C18H21FN2O2/c1-13(21(2)12-14-7-6-8-15(19)11-14)18(22)20-16-9-4-5-10-17(16)23-3/h4-11,13H,12H2,1-3H3,(H,20,22)/p+1/t13-/m1/s1. The zero-order valence-electron chi connectivity index (χ0n) is 13.6. The fraction of sp³-hybridized carbons (Fsp3) is 0.278. The highest BCUT2D eigenvalue weighted by molar-refractivity contribution is 5.94. The van der Waals surface area contributed by atoms with E-state index in [9.17, 15) is 9.18 Å². The third-order valence-electron chi connectivity index (χ3n) is 3.87. The number of carbonyl (C=O) groups is 1. The van der Waals surface area contributed by atoms with Crippen LogP contribution in [0.2, 0.25) is 0 Å². The first kappa shape index (κ1) is 17.0. The molecule has 2 rings (SSSR count). The van der Waals surface area contributed by atoms with Crippen molar-refractivity contribution >= 4 is 11.6 Å². The smallest absolute Gasteiger partial charge is 0.282 e. The molecule has 23 heavy (non-hydrogen) atoms. The molecule has 0 saturated heterocycles. The average molecular weight is 317 g/mol. The van der Waals surface area contributed by atoms with Crippen LogP contribution in [0.5, 0.6) is 5.75 Å². The van der Waals surface area contributed by atoms with Crippen LogP contribution in [0.3, 0.4) is 0 Å². The number of nitrogens with one attached hydrogen (secondary N) is 2. The number of rotatable bonds is 6. The van der Waals surface area contributed by atoms with Crippen LogP contribution >= 0.6 is 0 Å². The molecule has 0 aliphatic rings. The van der Waals surface area contributed by atoms with Gasteiger partial charge in [0.25, 0.3) is 5.91 Å². The molecule has 0 radical (unpaired) electrons. The van der Waals surface area contributed by atoms with Crippen molar-refractivity contribution in [3.05, 3.63) is 59.9 Å². The molecule has 5 heteroatoms. The second kappa shape index (κ2) is 7.74. The molecule has 0 fully saturated rings. The van der Waals surface area contributed by atoms with Crippen molar-refractivity contribution in [2.75, 3.05) is 19.5 Å². The van der Waals surface area contributed by atoms with Crippen LogP contribution < -0.4 is 15.0 Å². The van der Waals surface area contributed by atoms with Gasteiger partial charge in [-0.05, 0) is 31.2 Å². The summed E-state index contributed by atoms with van der Waals surface area (Å²) < 4.78 is 18.5. The molecular formula is C18H22FN2O2+. The Kier molecular flexibility index (Phi) is 5.71. The van der Waals surface area contributed by atoms with Gasteiger partial charge < -0.3 is 15.0 Å². The summed E-state index contributed by atoms with van der Waals surface area (Å²) in [5.41, 5.74) is 1.50. The molecule has 2 aromatic rings. The number of para-hydroxylation sites is 2. The monoisotopic (exact) mass is 317 g/mol. The summed E-state index contributed by atoms with van der Waals surface area (Å²) in [6.07, 6.45) is 0. The second-order valence-corrected chi connectivity index (χ2v) is 5.56. The maximum Gasteiger partial charge on any atom is 0.282 e. The molecule has 0 aromatic heterocycles. The number of hydrogen-bond donors (Lipinski definition) is 2. The van der Waals surface area contributed by atoms with Gasteiger partial charge in [0.1, 0.15) is 18.1 Å². The highest BCUT2D eigenvalue weighted by Crippen LogP contribution is 2.22. The van der Waals surface area contributed by atoms with E-state index < -0.39 is 0 Å². The van der Waals surface area contributed by atoms with Crippen LogP contribution in [-0.2, 0) is 11.3 Å². The molecule has 2 N–H and O–H groups in total.